The summed E-state index contributed by atoms with van der Waals surface area (Å²) < 4.78 is 54.4. The number of fused-ring (bicyclic) bond motifs is 5. The molecule has 0 radical (unpaired) electrons. The predicted molar refractivity (Wildman–Crippen MR) is 90.5 cm³/mol. The summed E-state index contributed by atoms with van der Waals surface area (Å²) in [7, 11) is 0. The Bertz CT molecular complexity index is 919. The molecular formula is C19H17F4N3O2. The maximum absolute atomic E-state index is 14.1. The normalized spacial score (nSPS) is 22.6. The van der Waals surface area contributed by atoms with Crippen LogP contribution in [0.15, 0.2) is 24.3 Å². The number of nitrogens with zero attached hydrogens (tertiary/aromatic N) is 3. The minimum atomic E-state index is -2.77. The average Bonchev–Trinajstić information content (AvgIpc) is 3.23. The van der Waals surface area contributed by atoms with Crippen LogP contribution in [0.5, 0.6) is 0 Å². The van der Waals surface area contributed by atoms with Crippen molar-refractivity contribution in [2.45, 2.75) is 37.1 Å². The Balaban J connectivity index is 1.80. The van der Waals surface area contributed by atoms with Crippen molar-refractivity contribution in [1.82, 2.24) is 15.1 Å². The van der Waals surface area contributed by atoms with Crippen molar-refractivity contribution in [1.29, 1.82) is 0 Å². The zero-order valence-electron chi connectivity index (χ0n) is 14.7. The molecule has 2 aliphatic rings. The lowest BCUT2D eigenvalue weighted by molar-refractivity contribution is -0.144. The molecule has 4 rings (SSSR count). The molecule has 1 heterocycles. The first-order chi connectivity index (χ1) is 13.4. The molecule has 0 unspecified atom stereocenters. The van der Waals surface area contributed by atoms with E-state index in [-0.39, 0.29) is 17.2 Å². The number of halogens is 4. The molecule has 1 fully saturated rings. The number of hydrogen-bond donors (Lipinski definition) is 1. The second kappa shape index (κ2) is 6.80. The first-order valence-corrected chi connectivity index (χ1v) is 8.89. The monoisotopic (exact) mass is 395 g/mol. The van der Waals surface area contributed by atoms with E-state index in [4.69, 9.17) is 0 Å². The molecule has 1 aromatic carbocycles. The molecule has 28 heavy (non-hydrogen) atoms. The van der Waals surface area contributed by atoms with Gasteiger partial charge in [-0.2, -0.15) is 5.10 Å². The van der Waals surface area contributed by atoms with Crippen LogP contribution in [0.4, 0.5) is 17.6 Å². The Morgan fingerprint density at radius 2 is 2.00 bits per heavy atom. The molecule has 2 aliphatic carbocycles. The van der Waals surface area contributed by atoms with Gasteiger partial charge in [-0.25, -0.2) is 17.6 Å². The highest BCUT2D eigenvalue weighted by Gasteiger charge is 2.56. The van der Waals surface area contributed by atoms with E-state index in [9.17, 15) is 27.5 Å². The first-order valence-electron chi connectivity index (χ1n) is 8.89. The Kier molecular flexibility index (Phi) is 4.57. The number of aromatic nitrogens is 2. The van der Waals surface area contributed by atoms with Crippen LogP contribution in [-0.4, -0.2) is 45.7 Å². The molecule has 0 aliphatic heterocycles. The van der Waals surface area contributed by atoms with E-state index in [1.54, 1.807) is 0 Å². The fourth-order valence-corrected chi connectivity index (χ4v) is 4.56. The fourth-order valence-electron chi connectivity index (χ4n) is 4.56. The zero-order valence-corrected chi connectivity index (χ0v) is 14.7. The smallest absolute Gasteiger partial charge is 0.255 e. The van der Waals surface area contributed by atoms with Gasteiger partial charge in [0.05, 0.1) is 29.0 Å². The van der Waals surface area contributed by atoms with E-state index >= 15 is 0 Å². The topological polar surface area (TPSA) is 66.3 Å². The van der Waals surface area contributed by atoms with Gasteiger partial charge in [0.15, 0.2) is 0 Å². The molecule has 5 nitrogen and oxygen atoms in total. The maximum atomic E-state index is 14.1. The van der Waals surface area contributed by atoms with E-state index in [0.717, 1.165) is 17.0 Å². The summed E-state index contributed by atoms with van der Waals surface area (Å²) in [6.07, 6.45) is -1.35. The van der Waals surface area contributed by atoms with E-state index in [2.05, 4.69) is 10.2 Å². The van der Waals surface area contributed by atoms with Gasteiger partial charge < -0.3 is 10.0 Å². The van der Waals surface area contributed by atoms with Gasteiger partial charge in [0.1, 0.15) is 18.2 Å². The van der Waals surface area contributed by atoms with Crippen molar-refractivity contribution in [3.8, 4) is 11.3 Å². The molecule has 0 spiro atoms. The lowest BCUT2D eigenvalue weighted by Gasteiger charge is -2.39. The van der Waals surface area contributed by atoms with E-state index < -0.39 is 42.7 Å². The molecule has 2 bridgehead atoms. The summed E-state index contributed by atoms with van der Waals surface area (Å²) in [5.41, 5.74) is -0.331. The van der Waals surface area contributed by atoms with E-state index in [1.165, 1.54) is 12.1 Å². The van der Waals surface area contributed by atoms with Crippen LogP contribution in [-0.2, 0) is 10.3 Å². The minimum Gasteiger partial charge on any atom is -0.387 e. The van der Waals surface area contributed by atoms with Crippen molar-refractivity contribution >= 4 is 5.91 Å². The van der Waals surface area contributed by atoms with Crippen molar-refractivity contribution in [2.75, 3.05) is 13.2 Å². The molecule has 2 aromatic rings. The highest BCUT2D eigenvalue weighted by atomic mass is 19.3. The van der Waals surface area contributed by atoms with Gasteiger partial charge in [-0.1, -0.05) is 6.07 Å². The summed E-state index contributed by atoms with van der Waals surface area (Å²) in [5.74, 6) is -2.44. The number of aliphatic hydroxyl groups is 1. The maximum Gasteiger partial charge on any atom is 0.255 e. The Morgan fingerprint density at radius 1 is 1.29 bits per heavy atom. The Morgan fingerprint density at radius 3 is 2.64 bits per heavy atom. The van der Waals surface area contributed by atoms with Gasteiger partial charge >= 0.3 is 0 Å². The zero-order chi connectivity index (χ0) is 20.1. The largest absolute Gasteiger partial charge is 0.387 e. The SMILES string of the molecule is O=C(CO)N(CC(F)F)[C@]12CC[C@H](C1)c1cc(-c3c(F)cccc3F)nnc12. The van der Waals surface area contributed by atoms with Gasteiger partial charge in [0.2, 0.25) is 5.91 Å². The fraction of sp³-hybridized carbons (Fsp3) is 0.421. The van der Waals surface area contributed by atoms with E-state index in [0.29, 0.717) is 30.5 Å². The minimum absolute atomic E-state index is 0.0194. The number of carbonyl (C=O) groups excluding carboxylic acids is 1. The number of alkyl halides is 2. The summed E-state index contributed by atoms with van der Waals surface area (Å²) >= 11 is 0. The number of amides is 1. The summed E-state index contributed by atoms with van der Waals surface area (Å²) in [6, 6.07) is 5.00. The highest BCUT2D eigenvalue weighted by Crippen LogP contribution is 2.58. The van der Waals surface area contributed by atoms with Crippen LogP contribution in [0.3, 0.4) is 0 Å². The van der Waals surface area contributed by atoms with Gasteiger partial charge in [-0.3, -0.25) is 4.79 Å². The Hall–Kier alpha value is -2.55. The number of aliphatic hydroxyl groups excluding tert-OH is 1. The second-order valence-corrected chi connectivity index (χ2v) is 7.16. The van der Waals surface area contributed by atoms with Crippen molar-refractivity contribution in [3.63, 3.8) is 0 Å². The molecule has 1 amide bonds. The van der Waals surface area contributed by atoms with Crippen molar-refractivity contribution < 1.29 is 27.5 Å². The van der Waals surface area contributed by atoms with E-state index in [1.807, 2.05) is 0 Å². The van der Waals surface area contributed by atoms with Gasteiger partial charge in [0, 0.05) is 0 Å². The average molecular weight is 395 g/mol. The van der Waals surface area contributed by atoms with Crippen molar-refractivity contribution in [2.24, 2.45) is 0 Å². The predicted octanol–water partition coefficient (Wildman–Crippen LogP) is 2.98. The number of hydrogen-bond acceptors (Lipinski definition) is 4. The lowest BCUT2D eigenvalue weighted by atomic mass is 9.89. The lowest BCUT2D eigenvalue weighted by Crippen LogP contribution is -2.51. The van der Waals surface area contributed by atoms with Gasteiger partial charge in [-0.05, 0) is 48.9 Å². The summed E-state index contributed by atoms with van der Waals surface area (Å²) in [5, 5.41) is 17.3. The van der Waals surface area contributed by atoms with Crippen LogP contribution < -0.4 is 0 Å². The third-order valence-electron chi connectivity index (χ3n) is 5.69. The molecule has 0 saturated heterocycles. The standard InChI is InChI=1S/C19H17F4N3O2/c20-12-2-1-3-13(21)17(12)14-6-11-10-4-5-19(7-10,18(11)25-24-14)26(8-15(22)23)16(28)9-27/h1-3,6,10,15,27H,4-5,7-9H2/t10-,19-/m1/s1. The molecule has 1 aromatic heterocycles. The van der Waals surface area contributed by atoms with Crippen LogP contribution >= 0.6 is 0 Å². The van der Waals surface area contributed by atoms with Gasteiger partial charge in [0.25, 0.3) is 6.43 Å². The summed E-state index contributed by atoms with van der Waals surface area (Å²) in [4.78, 5) is 13.2. The molecule has 1 saturated carbocycles. The number of benzene rings is 1. The third-order valence-corrected chi connectivity index (χ3v) is 5.69. The summed E-state index contributed by atoms with van der Waals surface area (Å²) in [6.45, 7) is -1.71. The molecular weight excluding hydrogens is 378 g/mol. The second-order valence-electron chi connectivity index (χ2n) is 7.16. The number of carbonyl (C=O) groups is 1. The number of rotatable bonds is 5. The first kappa shape index (κ1) is 18.8. The highest BCUT2D eigenvalue weighted by molar-refractivity contribution is 5.79. The Labute approximate surface area is 158 Å². The van der Waals surface area contributed by atoms with Crippen LogP contribution in [0.25, 0.3) is 11.3 Å². The molecule has 1 N–H and O–H groups in total. The van der Waals surface area contributed by atoms with Crippen LogP contribution in [0.1, 0.15) is 36.4 Å². The van der Waals surface area contributed by atoms with Crippen LogP contribution in [0.2, 0.25) is 0 Å². The van der Waals surface area contributed by atoms with Crippen molar-refractivity contribution in [3.05, 3.63) is 47.2 Å². The molecule has 2 atom stereocenters. The van der Waals surface area contributed by atoms with Gasteiger partial charge in [-0.15, -0.1) is 5.10 Å². The molecule has 9 heteroatoms. The quantitative estimate of drug-likeness (QED) is 0.791. The third kappa shape index (κ3) is 2.76. The van der Waals surface area contributed by atoms with Crippen LogP contribution in [0, 0.1) is 11.6 Å². The molecule has 148 valence electrons.